The van der Waals surface area contributed by atoms with E-state index in [9.17, 15) is 51.9 Å². The van der Waals surface area contributed by atoms with Crippen molar-refractivity contribution < 1.29 is 85.4 Å². The Morgan fingerprint density at radius 1 is 0.293 bits per heavy atom. The second-order valence-electron chi connectivity index (χ2n) is 18.0. The zero-order valence-corrected chi connectivity index (χ0v) is 36.6. The summed E-state index contributed by atoms with van der Waals surface area (Å²) in [6, 6.07) is 0. The summed E-state index contributed by atoms with van der Waals surface area (Å²) in [5, 5.41) is 16.2. The number of hydrogen-bond acceptors (Lipinski definition) is 20. The SMILES string of the molecule is O=S(=O)([O-])C1C2C3NC4NC(NC5NC(NC6NC(NC(N3)C2C(S(=O)(=O)[O-])C(S(=O)(=O)[O-])C1S(=O)(=O)[O-])C1CCCCC61)C1CCCCC51)C1CCCCC41.[Co+2].[Co+2]. The van der Waals surface area contributed by atoms with Crippen LogP contribution < -0.4 is 42.5 Å². The van der Waals surface area contributed by atoms with Gasteiger partial charge in [0.25, 0.3) is 0 Å². The number of hydrogen-bond donors (Lipinski definition) is 8. The summed E-state index contributed by atoms with van der Waals surface area (Å²) in [5.41, 5.74) is 0. The van der Waals surface area contributed by atoms with E-state index >= 15 is 0 Å². The van der Waals surface area contributed by atoms with Gasteiger partial charge in [-0.3, -0.25) is 42.5 Å². The van der Waals surface area contributed by atoms with Crippen molar-refractivity contribution in [2.24, 2.45) is 47.3 Å². The van der Waals surface area contributed by atoms with Crippen LogP contribution >= 0.6 is 0 Å². The zero-order chi connectivity index (χ0) is 39.7. The Morgan fingerprint density at radius 3 is 0.655 bits per heavy atom. The smallest absolute Gasteiger partial charge is 0.748 e. The van der Waals surface area contributed by atoms with Crippen LogP contribution in [0.2, 0.25) is 0 Å². The monoisotopic (exact) mass is 986 g/mol. The predicted octanol–water partition coefficient (Wildman–Crippen LogP) is -3.30. The summed E-state index contributed by atoms with van der Waals surface area (Å²) >= 11 is 0. The van der Waals surface area contributed by atoms with Gasteiger partial charge in [-0.15, -0.1) is 0 Å². The molecule has 20 unspecified atom stereocenters. The summed E-state index contributed by atoms with van der Waals surface area (Å²) < 4.78 is 157. The summed E-state index contributed by atoms with van der Waals surface area (Å²) in [4.78, 5) is 0. The van der Waals surface area contributed by atoms with E-state index in [-0.39, 0.29) is 81.9 Å². The molecule has 4 aliphatic carbocycles. The second-order valence-corrected chi connectivity index (χ2v) is 24.1. The Hall–Kier alpha value is 0.333. The molecule has 4 saturated carbocycles. The minimum atomic E-state index is -6.22. The molecule has 0 spiro atoms. The minimum Gasteiger partial charge on any atom is -0.748 e. The van der Waals surface area contributed by atoms with E-state index in [1.54, 1.807) is 0 Å². The van der Waals surface area contributed by atoms with E-state index in [1.165, 1.54) is 0 Å². The van der Waals surface area contributed by atoms with Crippen molar-refractivity contribution in [1.82, 2.24) is 42.5 Å². The van der Waals surface area contributed by atoms with Gasteiger partial charge in [0, 0.05) is 11.8 Å². The summed E-state index contributed by atoms with van der Waals surface area (Å²) in [6.45, 7) is 0. The van der Waals surface area contributed by atoms with E-state index in [1.807, 2.05) is 0 Å². The molecule has 8 N–H and O–H groups in total. The van der Waals surface area contributed by atoms with Gasteiger partial charge in [-0.1, -0.05) is 38.5 Å². The molecule has 334 valence electrons. The van der Waals surface area contributed by atoms with Gasteiger partial charge in [0.1, 0.15) is 20.2 Å². The van der Waals surface area contributed by atoms with Crippen molar-refractivity contribution in [2.45, 2.75) is 147 Å². The molecule has 20 nitrogen and oxygen atoms in total. The van der Waals surface area contributed by atoms with Crippen molar-refractivity contribution in [2.75, 3.05) is 0 Å². The number of fused-ring (bicyclic) bond motifs is 20. The van der Waals surface area contributed by atoms with Crippen LogP contribution in [0, 0.1) is 47.3 Å². The van der Waals surface area contributed by atoms with Crippen LogP contribution in [-0.4, -0.2) is 122 Å². The van der Waals surface area contributed by atoms with Gasteiger partial charge in [-0.2, -0.15) is 0 Å². The van der Waals surface area contributed by atoms with Gasteiger partial charge in [0.2, 0.25) is 0 Å². The van der Waals surface area contributed by atoms with Gasteiger partial charge in [-0.05, 0) is 74.0 Å². The van der Waals surface area contributed by atoms with E-state index in [2.05, 4.69) is 42.5 Å². The molecular weight excluding hydrogens is 935 g/mol. The Bertz CT molecular complexity index is 1860. The maximum absolute atomic E-state index is 13.3. The minimum absolute atomic E-state index is 0. The first-order valence-corrected chi connectivity index (χ1v) is 26.1. The largest absolute Gasteiger partial charge is 2.00 e. The number of rotatable bonds is 4. The molecule has 9 rings (SSSR count). The van der Waals surface area contributed by atoms with Gasteiger partial charge in [0.05, 0.1) is 90.6 Å². The third-order valence-electron chi connectivity index (χ3n) is 15.3. The molecule has 0 aromatic carbocycles. The molecule has 5 aliphatic heterocycles. The van der Waals surface area contributed by atoms with Crippen LogP contribution in [-0.2, 0) is 74.0 Å². The molecule has 9 fully saturated rings. The number of nitrogens with one attached hydrogen (secondary N) is 8. The molecule has 5 heterocycles. The third-order valence-corrected chi connectivity index (χ3v) is 20.9. The second kappa shape index (κ2) is 16.7. The summed E-state index contributed by atoms with van der Waals surface area (Å²) in [7, 11) is -24.4. The average molecular weight is 987 g/mol. The van der Waals surface area contributed by atoms with E-state index in [4.69, 9.17) is 0 Å². The first kappa shape index (κ1) is 46.3. The average Bonchev–Trinajstić information content (AvgIpc) is 3.84. The van der Waals surface area contributed by atoms with Gasteiger partial charge in [-0.25, -0.2) is 33.7 Å². The maximum Gasteiger partial charge on any atom is 2.00 e. The van der Waals surface area contributed by atoms with Crippen LogP contribution in [0.3, 0.4) is 0 Å². The zero-order valence-electron chi connectivity index (χ0n) is 31.2. The molecule has 0 aromatic heterocycles. The molecule has 26 heteroatoms. The summed E-state index contributed by atoms with van der Waals surface area (Å²) in [6.07, 6.45) is 6.60. The normalized spacial score (nSPS) is 49.3. The Labute approximate surface area is 361 Å². The van der Waals surface area contributed by atoms with E-state index < -0.39 is 98.0 Å². The van der Waals surface area contributed by atoms with Crippen LogP contribution in [0.5, 0.6) is 0 Å². The van der Waals surface area contributed by atoms with Crippen molar-refractivity contribution in [1.29, 1.82) is 0 Å². The molecule has 5 saturated heterocycles. The molecule has 58 heavy (non-hydrogen) atoms. The standard InChI is InChI=1S/C32H56N8O12S4.2Co/c41-53(42,43)21-19-20(22(54(44,45)46)24(56(50,51)52)23(21)55(47,48)49)32-39-30-18-12-6-4-10-16(18)28(37-30)35-26-14-8-2-1-7-13(14)25(33-26)34-27-15-9-3-5-11-17(15)29(36-27)38-31(19)40-32;;/h13-40H,1-12H2,(H,41,42,43)(H,44,45,46)(H,47,48,49)(H,50,51,52);;/q;2*+2/p-4. The van der Waals surface area contributed by atoms with Crippen LogP contribution in [0.15, 0.2) is 0 Å². The first-order valence-electron chi connectivity index (χ1n) is 20.2. The Kier molecular flexibility index (Phi) is 13.4. The predicted molar refractivity (Wildman–Crippen MR) is 193 cm³/mol. The molecular formula is C32H52Co2N8O12S4. The van der Waals surface area contributed by atoms with Crippen molar-refractivity contribution in [3.8, 4) is 0 Å². The first-order chi connectivity index (χ1) is 26.3. The Morgan fingerprint density at radius 2 is 0.466 bits per heavy atom. The van der Waals surface area contributed by atoms with Crippen LogP contribution in [0.4, 0.5) is 0 Å². The van der Waals surface area contributed by atoms with Crippen molar-refractivity contribution >= 4 is 40.5 Å². The van der Waals surface area contributed by atoms with Crippen molar-refractivity contribution in [3.63, 3.8) is 0 Å². The van der Waals surface area contributed by atoms with Gasteiger partial charge < -0.3 is 18.2 Å². The maximum atomic E-state index is 13.3. The van der Waals surface area contributed by atoms with Gasteiger partial charge >= 0.3 is 33.6 Å². The fourth-order valence-corrected chi connectivity index (χ4v) is 20.5. The fourth-order valence-electron chi connectivity index (χ4n) is 13.4. The molecule has 0 aromatic rings. The topological polar surface area (TPSA) is 325 Å². The van der Waals surface area contributed by atoms with Crippen molar-refractivity contribution in [3.05, 3.63) is 0 Å². The molecule has 9 aliphatic rings. The third kappa shape index (κ3) is 8.17. The molecule has 0 amide bonds. The molecule has 2 radical (unpaired) electrons. The van der Waals surface area contributed by atoms with E-state index in [0.29, 0.717) is 11.8 Å². The van der Waals surface area contributed by atoms with E-state index in [0.717, 1.165) is 77.0 Å². The Balaban J connectivity index is 0.00000256. The fraction of sp³-hybridized carbons (Fsp3) is 1.00. The van der Waals surface area contributed by atoms with Crippen LogP contribution in [0.25, 0.3) is 0 Å². The summed E-state index contributed by atoms with van der Waals surface area (Å²) in [5.74, 6) is -3.14. The van der Waals surface area contributed by atoms with Crippen LogP contribution in [0.1, 0.15) is 77.0 Å². The quantitative estimate of drug-likeness (QED) is 0.128. The van der Waals surface area contributed by atoms with Gasteiger partial charge in [0.15, 0.2) is 0 Å². The molecule has 20 atom stereocenters. The molecule has 8 bridgehead atoms.